The Bertz CT molecular complexity index is 570. The topological polar surface area (TPSA) is 20.2 Å². The van der Waals surface area contributed by atoms with E-state index in [9.17, 15) is 0 Å². The lowest BCUT2D eigenvalue weighted by atomic mass is 10.1. The van der Waals surface area contributed by atoms with Crippen molar-refractivity contribution in [2.75, 3.05) is 0 Å². The van der Waals surface area contributed by atoms with Crippen LogP contribution in [0.4, 0.5) is 0 Å². The molecule has 0 aliphatic heterocycles. The number of hydrogen-bond acceptors (Lipinski definition) is 2. The van der Waals surface area contributed by atoms with E-state index in [0.29, 0.717) is 10.0 Å². The molecular formula is C14H12Cl2OS. The molecular weight excluding hydrogens is 287 g/mol. The largest absolute Gasteiger partial charge is 0.392 e. The monoisotopic (exact) mass is 298 g/mol. The highest BCUT2D eigenvalue weighted by molar-refractivity contribution is 7.99. The average Bonchev–Trinajstić information content (AvgIpc) is 2.34. The highest BCUT2D eigenvalue weighted by Crippen LogP contribution is 2.33. The summed E-state index contributed by atoms with van der Waals surface area (Å²) in [5, 5.41) is 10.3. The summed E-state index contributed by atoms with van der Waals surface area (Å²) in [7, 11) is 0. The molecule has 0 aromatic heterocycles. The van der Waals surface area contributed by atoms with Crippen LogP contribution in [0.1, 0.15) is 11.1 Å². The maximum Gasteiger partial charge on any atom is 0.0684 e. The Labute approximate surface area is 121 Å². The minimum absolute atomic E-state index is 0.0730. The number of aliphatic hydroxyl groups is 1. The van der Waals surface area contributed by atoms with Gasteiger partial charge in [-0.05, 0) is 48.4 Å². The molecule has 0 bridgehead atoms. The number of halogens is 2. The van der Waals surface area contributed by atoms with E-state index in [0.717, 1.165) is 20.9 Å². The van der Waals surface area contributed by atoms with E-state index >= 15 is 0 Å². The highest BCUT2D eigenvalue weighted by Gasteiger charge is 2.03. The zero-order chi connectivity index (χ0) is 13.1. The van der Waals surface area contributed by atoms with Crippen LogP contribution in [0.5, 0.6) is 0 Å². The van der Waals surface area contributed by atoms with Gasteiger partial charge in [-0.2, -0.15) is 0 Å². The Morgan fingerprint density at radius 3 is 2.28 bits per heavy atom. The Morgan fingerprint density at radius 1 is 1.00 bits per heavy atom. The van der Waals surface area contributed by atoms with Gasteiger partial charge in [-0.3, -0.25) is 0 Å². The van der Waals surface area contributed by atoms with Gasteiger partial charge in [0.1, 0.15) is 0 Å². The van der Waals surface area contributed by atoms with Crippen LogP contribution in [-0.2, 0) is 6.61 Å². The van der Waals surface area contributed by atoms with Crippen molar-refractivity contribution in [2.45, 2.75) is 23.3 Å². The molecule has 0 heterocycles. The molecule has 94 valence electrons. The first-order valence-corrected chi connectivity index (χ1v) is 7.00. The highest BCUT2D eigenvalue weighted by atomic mass is 35.5. The first-order chi connectivity index (χ1) is 8.60. The van der Waals surface area contributed by atoms with Crippen LogP contribution in [-0.4, -0.2) is 5.11 Å². The molecule has 18 heavy (non-hydrogen) atoms. The van der Waals surface area contributed by atoms with Gasteiger partial charge in [0, 0.05) is 9.79 Å². The van der Waals surface area contributed by atoms with Crippen LogP contribution in [0.25, 0.3) is 0 Å². The lowest BCUT2D eigenvalue weighted by Crippen LogP contribution is -1.88. The summed E-state index contributed by atoms with van der Waals surface area (Å²) in [6, 6.07) is 11.6. The van der Waals surface area contributed by atoms with Crippen molar-refractivity contribution in [1.29, 1.82) is 0 Å². The molecule has 2 aromatic rings. The van der Waals surface area contributed by atoms with Gasteiger partial charge in [0.2, 0.25) is 0 Å². The lowest BCUT2D eigenvalue weighted by Gasteiger charge is -2.07. The van der Waals surface area contributed by atoms with Crippen LogP contribution < -0.4 is 0 Å². The van der Waals surface area contributed by atoms with Crippen LogP contribution in [0.15, 0.2) is 46.2 Å². The van der Waals surface area contributed by atoms with E-state index in [1.165, 1.54) is 0 Å². The third-order valence-corrected chi connectivity index (χ3v) is 4.33. The summed E-state index contributed by atoms with van der Waals surface area (Å²) in [6.45, 7) is 2.06. The smallest absolute Gasteiger partial charge is 0.0684 e. The molecule has 0 saturated heterocycles. The quantitative estimate of drug-likeness (QED) is 0.865. The summed E-state index contributed by atoms with van der Waals surface area (Å²) in [4.78, 5) is 2.16. The van der Waals surface area contributed by atoms with Gasteiger partial charge in [0.05, 0.1) is 16.7 Å². The summed E-state index contributed by atoms with van der Waals surface area (Å²) in [5.41, 5.74) is 2.04. The van der Waals surface area contributed by atoms with Gasteiger partial charge in [-0.15, -0.1) is 0 Å². The van der Waals surface area contributed by atoms with Crippen LogP contribution in [0, 0.1) is 6.92 Å². The van der Waals surface area contributed by atoms with E-state index in [1.807, 2.05) is 31.2 Å². The summed E-state index contributed by atoms with van der Waals surface area (Å²) in [5.74, 6) is 0. The standard InChI is InChI=1S/C14H12Cl2OS/c1-9-6-11(3-2-10(9)8-17)18-12-4-5-13(15)14(16)7-12/h2-7,17H,8H2,1H3. The minimum Gasteiger partial charge on any atom is -0.392 e. The summed E-state index contributed by atoms with van der Waals surface area (Å²) >= 11 is 13.5. The van der Waals surface area contributed by atoms with Crippen LogP contribution in [0.2, 0.25) is 10.0 Å². The SMILES string of the molecule is Cc1cc(Sc2ccc(Cl)c(Cl)c2)ccc1CO. The predicted octanol–water partition coefficient (Wildman–Crippen LogP) is 4.95. The summed E-state index contributed by atoms with van der Waals surface area (Å²) in [6.07, 6.45) is 0. The second-order valence-electron chi connectivity index (χ2n) is 3.92. The van der Waals surface area contributed by atoms with E-state index in [4.69, 9.17) is 28.3 Å². The molecule has 2 aromatic carbocycles. The van der Waals surface area contributed by atoms with Gasteiger partial charge in [0.15, 0.2) is 0 Å². The zero-order valence-corrected chi connectivity index (χ0v) is 12.1. The van der Waals surface area contributed by atoms with Gasteiger partial charge >= 0.3 is 0 Å². The van der Waals surface area contributed by atoms with Crippen molar-refractivity contribution < 1.29 is 5.11 Å². The number of benzene rings is 2. The van der Waals surface area contributed by atoms with Gasteiger partial charge in [0.25, 0.3) is 0 Å². The fourth-order valence-corrected chi connectivity index (χ4v) is 2.91. The van der Waals surface area contributed by atoms with Crippen molar-refractivity contribution in [3.63, 3.8) is 0 Å². The van der Waals surface area contributed by atoms with Gasteiger partial charge in [-0.1, -0.05) is 41.0 Å². The number of aliphatic hydroxyl groups excluding tert-OH is 1. The first kappa shape index (κ1) is 13.8. The molecule has 0 aliphatic rings. The molecule has 0 fully saturated rings. The van der Waals surface area contributed by atoms with Crippen molar-refractivity contribution in [2.24, 2.45) is 0 Å². The third-order valence-electron chi connectivity index (χ3n) is 2.61. The maximum absolute atomic E-state index is 9.13. The van der Waals surface area contributed by atoms with E-state index < -0.39 is 0 Å². The van der Waals surface area contributed by atoms with Crippen molar-refractivity contribution in [3.8, 4) is 0 Å². The van der Waals surface area contributed by atoms with Crippen molar-refractivity contribution >= 4 is 35.0 Å². The van der Waals surface area contributed by atoms with Gasteiger partial charge in [-0.25, -0.2) is 0 Å². The Balaban J connectivity index is 2.23. The Kier molecular flexibility index (Phi) is 4.57. The van der Waals surface area contributed by atoms with Gasteiger partial charge < -0.3 is 5.11 Å². The normalized spacial score (nSPS) is 10.7. The molecule has 2 rings (SSSR count). The molecule has 0 spiro atoms. The average molecular weight is 299 g/mol. The fourth-order valence-electron chi connectivity index (χ4n) is 1.59. The minimum atomic E-state index is 0.0730. The Hall–Kier alpha value is -0.670. The predicted molar refractivity (Wildman–Crippen MR) is 77.7 cm³/mol. The van der Waals surface area contributed by atoms with E-state index in [1.54, 1.807) is 17.8 Å². The van der Waals surface area contributed by atoms with Crippen molar-refractivity contribution in [3.05, 3.63) is 57.6 Å². The molecule has 1 N–H and O–H groups in total. The second-order valence-corrected chi connectivity index (χ2v) is 5.89. The van der Waals surface area contributed by atoms with E-state index in [2.05, 4.69) is 6.07 Å². The van der Waals surface area contributed by atoms with Crippen molar-refractivity contribution in [1.82, 2.24) is 0 Å². The number of rotatable bonds is 3. The maximum atomic E-state index is 9.13. The second kappa shape index (κ2) is 5.98. The third kappa shape index (κ3) is 3.21. The molecule has 0 amide bonds. The molecule has 0 unspecified atom stereocenters. The summed E-state index contributed by atoms with van der Waals surface area (Å²) < 4.78 is 0. The molecule has 0 atom stereocenters. The number of aryl methyl sites for hydroxylation is 1. The zero-order valence-electron chi connectivity index (χ0n) is 9.78. The molecule has 0 aliphatic carbocycles. The molecule has 4 heteroatoms. The lowest BCUT2D eigenvalue weighted by molar-refractivity contribution is 0.281. The molecule has 0 saturated carbocycles. The Morgan fingerprint density at radius 2 is 1.67 bits per heavy atom. The fraction of sp³-hybridized carbons (Fsp3) is 0.143. The first-order valence-electron chi connectivity index (χ1n) is 5.43. The van der Waals surface area contributed by atoms with E-state index in [-0.39, 0.29) is 6.61 Å². The molecule has 1 nitrogen and oxygen atoms in total. The van der Waals surface area contributed by atoms with Crippen LogP contribution in [0.3, 0.4) is 0 Å². The molecule has 0 radical (unpaired) electrons. The number of hydrogen-bond donors (Lipinski definition) is 1. The van der Waals surface area contributed by atoms with Crippen LogP contribution >= 0.6 is 35.0 Å².